The van der Waals surface area contributed by atoms with Gasteiger partial charge in [0.15, 0.2) is 0 Å². The van der Waals surface area contributed by atoms with Crippen LogP contribution in [0.3, 0.4) is 0 Å². The molecular formula is C21H28N2O6S. The highest BCUT2D eigenvalue weighted by Gasteiger charge is 2.42. The van der Waals surface area contributed by atoms with Crippen LogP contribution in [-0.4, -0.2) is 72.3 Å². The third-order valence-electron chi connectivity index (χ3n) is 5.62. The van der Waals surface area contributed by atoms with Crippen LogP contribution >= 0.6 is 11.3 Å². The van der Waals surface area contributed by atoms with Gasteiger partial charge >= 0.3 is 0 Å². The molecule has 30 heavy (non-hydrogen) atoms. The second-order valence-electron chi connectivity index (χ2n) is 7.52. The van der Waals surface area contributed by atoms with E-state index in [0.717, 1.165) is 43.8 Å². The van der Waals surface area contributed by atoms with Crippen LogP contribution in [0.25, 0.3) is 0 Å². The number of fused-ring (bicyclic) bond motifs is 2. The van der Waals surface area contributed by atoms with Crippen molar-refractivity contribution in [2.45, 2.75) is 31.4 Å². The second-order valence-corrected chi connectivity index (χ2v) is 8.57. The first-order valence-corrected chi connectivity index (χ1v) is 10.8. The number of piperidine rings is 1. The standard InChI is InChI=1S/C20H26N2O4S.CH2O2/c1-21(8-9-23)19(24)17-12-16-3-11-26-20(18(16)27-17)4-6-22(7-5-20)13-15-2-10-25-14-15;2-1-3/h2,10,12,14,23H,3-9,11,13H2,1H3;1H,(H,2,3). The number of aliphatic hydroxyl groups excluding tert-OH is 1. The maximum absolute atomic E-state index is 12.6. The smallest absolute Gasteiger partial charge is 0.290 e. The molecule has 0 aromatic carbocycles. The fourth-order valence-corrected chi connectivity index (χ4v) is 5.46. The maximum Gasteiger partial charge on any atom is 0.290 e. The average Bonchev–Trinajstić information content (AvgIpc) is 3.41. The quantitative estimate of drug-likeness (QED) is 0.693. The van der Waals surface area contributed by atoms with Crippen molar-refractivity contribution in [2.24, 2.45) is 0 Å². The zero-order valence-corrected chi connectivity index (χ0v) is 17.9. The molecule has 0 aliphatic carbocycles. The molecule has 0 radical (unpaired) electrons. The molecule has 9 heteroatoms. The summed E-state index contributed by atoms with van der Waals surface area (Å²) < 4.78 is 11.5. The SMILES string of the molecule is CN(CCO)C(=O)c1cc2c(s1)C1(CCN(Cc3ccoc3)CC1)OCC2.O=CO. The van der Waals surface area contributed by atoms with E-state index in [9.17, 15) is 4.79 Å². The van der Waals surface area contributed by atoms with Crippen LogP contribution in [-0.2, 0) is 28.1 Å². The van der Waals surface area contributed by atoms with E-state index in [4.69, 9.17) is 24.2 Å². The molecule has 1 spiro atoms. The Kier molecular flexibility index (Phi) is 7.65. The second kappa shape index (κ2) is 10.2. The minimum atomic E-state index is -0.251. The molecule has 164 valence electrons. The number of aliphatic hydroxyl groups is 1. The molecule has 0 bridgehead atoms. The molecule has 2 aliphatic heterocycles. The van der Waals surface area contributed by atoms with Crippen molar-refractivity contribution in [2.75, 3.05) is 39.9 Å². The Morgan fingerprint density at radius 1 is 1.40 bits per heavy atom. The summed E-state index contributed by atoms with van der Waals surface area (Å²) in [6, 6.07) is 4.05. The number of hydrogen-bond acceptors (Lipinski definition) is 7. The van der Waals surface area contributed by atoms with Crippen molar-refractivity contribution in [3.05, 3.63) is 45.5 Å². The minimum Gasteiger partial charge on any atom is -0.483 e. The molecule has 2 N–H and O–H groups in total. The number of ether oxygens (including phenoxy) is 1. The predicted octanol–water partition coefficient (Wildman–Crippen LogP) is 2.17. The summed E-state index contributed by atoms with van der Waals surface area (Å²) in [6.45, 7) is 3.64. The number of furan rings is 1. The highest BCUT2D eigenvalue weighted by molar-refractivity contribution is 7.14. The van der Waals surface area contributed by atoms with Crippen LogP contribution < -0.4 is 0 Å². The van der Waals surface area contributed by atoms with E-state index in [2.05, 4.69) is 4.90 Å². The number of nitrogens with zero attached hydrogens (tertiary/aromatic N) is 2. The van der Waals surface area contributed by atoms with Crippen LogP contribution in [0.15, 0.2) is 29.1 Å². The molecule has 1 saturated heterocycles. The van der Waals surface area contributed by atoms with E-state index in [1.807, 2.05) is 12.1 Å². The fraction of sp³-hybridized carbons (Fsp3) is 0.524. The molecular weight excluding hydrogens is 408 g/mol. The van der Waals surface area contributed by atoms with E-state index in [0.29, 0.717) is 13.2 Å². The lowest BCUT2D eigenvalue weighted by Crippen LogP contribution is -2.45. The summed E-state index contributed by atoms with van der Waals surface area (Å²) in [4.78, 5) is 27.0. The highest BCUT2D eigenvalue weighted by atomic mass is 32.1. The maximum atomic E-state index is 12.6. The normalized spacial score (nSPS) is 17.7. The van der Waals surface area contributed by atoms with Crippen molar-refractivity contribution in [1.29, 1.82) is 0 Å². The Morgan fingerprint density at radius 2 is 2.13 bits per heavy atom. The lowest BCUT2D eigenvalue weighted by molar-refractivity contribution is -0.122. The van der Waals surface area contributed by atoms with Crippen molar-refractivity contribution < 1.29 is 29.0 Å². The average molecular weight is 437 g/mol. The van der Waals surface area contributed by atoms with Crippen molar-refractivity contribution >= 4 is 23.7 Å². The lowest BCUT2D eigenvalue weighted by atomic mass is 9.85. The van der Waals surface area contributed by atoms with Gasteiger partial charge in [-0.15, -0.1) is 11.3 Å². The monoisotopic (exact) mass is 436 g/mol. The summed E-state index contributed by atoms with van der Waals surface area (Å²) >= 11 is 1.58. The van der Waals surface area contributed by atoms with Gasteiger partial charge in [-0.1, -0.05) is 0 Å². The number of amides is 1. The van der Waals surface area contributed by atoms with Crippen molar-refractivity contribution in [1.82, 2.24) is 9.80 Å². The Morgan fingerprint density at radius 3 is 2.77 bits per heavy atom. The van der Waals surface area contributed by atoms with Gasteiger partial charge in [0.2, 0.25) is 0 Å². The number of thiophene rings is 1. The topological polar surface area (TPSA) is 103 Å². The van der Waals surface area contributed by atoms with Crippen molar-refractivity contribution in [3.63, 3.8) is 0 Å². The molecule has 0 unspecified atom stereocenters. The van der Waals surface area contributed by atoms with Crippen LogP contribution in [0.5, 0.6) is 0 Å². The zero-order valence-electron chi connectivity index (χ0n) is 17.1. The number of carbonyl (C=O) groups excluding carboxylic acids is 1. The van der Waals surface area contributed by atoms with Crippen molar-refractivity contribution in [3.8, 4) is 0 Å². The van der Waals surface area contributed by atoms with Gasteiger partial charge in [0, 0.05) is 43.7 Å². The molecule has 8 nitrogen and oxygen atoms in total. The van der Waals surface area contributed by atoms with Crippen LogP contribution in [0, 0.1) is 0 Å². The van der Waals surface area contributed by atoms with E-state index >= 15 is 0 Å². The number of carboxylic acid groups (broad SMARTS) is 1. The number of hydrogen-bond donors (Lipinski definition) is 2. The first-order valence-electron chi connectivity index (χ1n) is 9.97. The summed E-state index contributed by atoms with van der Waals surface area (Å²) in [6.07, 6.45) is 6.27. The predicted molar refractivity (Wildman–Crippen MR) is 112 cm³/mol. The third-order valence-corrected chi connectivity index (χ3v) is 6.97. The van der Waals surface area contributed by atoms with Gasteiger partial charge in [-0.2, -0.15) is 0 Å². The third kappa shape index (κ3) is 4.92. The number of likely N-dealkylation sites (N-methyl/N-ethyl adjacent to an activating group) is 1. The van der Waals surface area contributed by atoms with Crippen LogP contribution in [0.1, 0.15) is 38.5 Å². The summed E-state index contributed by atoms with van der Waals surface area (Å²) in [5, 5.41) is 16.0. The van der Waals surface area contributed by atoms with Crippen LogP contribution in [0.2, 0.25) is 0 Å². The molecule has 1 fully saturated rings. The molecule has 2 aliphatic rings. The first-order chi connectivity index (χ1) is 14.5. The largest absolute Gasteiger partial charge is 0.483 e. The number of rotatable bonds is 5. The molecule has 1 amide bonds. The van der Waals surface area contributed by atoms with Gasteiger partial charge in [0.25, 0.3) is 12.4 Å². The van der Waals surface area contributed by atoms with E-state index < -0.39 is 0 Å². The minimum absolute atomic E-state index is 0.0176. The number of likely N-dealkylation sites (tertiary alicyclic amines) is 1. The summed E-state index contributed by atoms with van der Waals surface area (Å²) in [7, 11) is 1.73. The molecule has 0 atom stereocenters. The van der Waals surface area contributed by atoms with Gasteiger partial charge in [-0.25, -0.2) is 0 Å². The van der Waals surface area contributed by atoms with E-state index in [1.165, 1.54) is 16.0 Å². The Balaban J connectivity index is 0.000000806. The summed E-state index contributed by atoms with van der Waals surface area (Å²) in [5.41, 5.74) is 2.21. The molecule has 4 rings (SSSR count). The molecule has 4 heterocycles. The molecule has 2 aromatic rings. The van der Waals surface area contributed by atoms with Gasteiger partial charge in [-0.05, 0) is 37.0 Å². The Hall–Kier alpha value is -2.20. The first kappa shape index (κ1) is 22.5. The van der Waals surface area contributed by atoms with Gasteiger partial charge in [-0.3, -0.25) is 14.5 Å². The van der Waals surface area contributed by atoms with Gasteiger partial charge in [0.05, 0.1) is 30.6 Å². The van der Waals surface area contributed by atoms with E-state index in [-0.39, 0.29) is 24.6 Å². The highest BCUT2D eigenvalue weighted by Crippen LogP contribution is 2.45. The van der Waals surface area contributed by atoms with Gasteiger partial charge in [0.1, 0.15) is 5.60 Å². The molecule has 2 aromatic heterocycles. The van der Waals surface area contributed by atoms with Crippen LogP contribution in [0.4, 0.5) is 0 Å². The Bertz CT molecular complexity index is 827. The fourth-order valence-electron chi connectivity index (χ4n) is 4.05. The lowest BCUT2D eigenvalue weighted by Gasteiger charge is -2.43. The summed E-state index contributed by atoms with van der Waals surface area (Å²) in [5.74, 6) is -0.0176. The van der Waals surface area contributed by atoms with E-state index in [1.54, 1.807) is 35.8 Å². The van der Waals surface area contributed by atoms with Gasteiger partial charge < -0.3 is 24.3 Å². The zero-order chi connectivity index (χ0) is 21.6. The number of carbonyl (C=O) groups is 2. The molecule has 0 saturated carbocycles. The Labute approximate surface area is 179 Å².